The highest BCUT2D eigenvalue weighted by Gasteiger charge is 2.12. The van der Waals surface area contributed by atoms with E-state index in [9.17, 15) is 0 Å². The van der Waals surface area contributed by atoms with E-state index >= 15 is 0 Å². The molecule has 0 aliphatic rings. The molecule has 4 aromatic rings. The first-order valence-electron chi connectivity index (χ1n) is 7.82. The lowest BCUT2D eigenvalue weighted by Gasteiger charge is -2.04. The van der Waals surface area contributed by atoms with Crippen LogP contribution in [0.4, 0.5) is 5.82 Å². The number of pyridine rings is 2. The van der Waals surface area contributed by atoms with Crippen molar-refractivity contribution in [1.29, 1.82) is 0 Å². The minimum absolute atomic E-state index is 0.422. The first-order valence-corrected chi connectivity index (χ1v) is 7.82. The second-order valence-corrected chi connectivity index (χ2v) is 5.29. The van der Waals surface area contributed by atoms with Crippen LogP contribution in [-0.4, -0.2) is 36.8 Å². The molecule has 9 heteroatoms. The van der Waals surface area contributed by atoms with Gasteiger partial charge in [-0.2, -0.15) is 19.9 Å². The van der Waals surface area contributed by atoms with E-state index in [0.29, 0.717) is 35.1 Å². The Morgan fingerprint density at radius 2 is 2.08 bits per heavy atom. The van der Waals surface area contributed by atoms with Crippen molar-refractivity contribution in [3.05, 3.63) is 60.8 Å². The zero-order valence-electron chi connectivity index (χ0n) is 13.9. The predicted octanol–water partition coefficient (Wildman–Crippen LogP) is 2.90. The van der Waals surface area contributed by atoms with Crippen LogP contribution < -0.4 is 4.74 Å². The van der Waals surface area contributed by atoms with Crippen molar-refractivity contribution in [2.75, 3.05) is 7.11 Å². The summed E-state index contributed by atoms with van der Waals surface area (Å²) in [5, 5.41) is 13.5. The van der Waals surface area contributed by atoms with Gasteiger partial charge < -0.3 is 4.74 Å². The van der Waals surface area contributed by atoms with Crippen molar-refractivity contribution >= 4 is 16.9 Å². The van der Waals surface area contributed by atoms with Gasteiger partial charge in [0.1, 0.15) is 6.33 Å². The number of hydrogen-bond acceptors (Lipinski definition) is 8. The number of azo groups is 1. The Labute approximate surface area is 148 Å². The Morgan fingerprint density at radius 1 is 1.12 bits per heavy atom. The number of aromatic nitrogens is 6. The van der Waals surface area contributed by atoms with Gasteiger partial charge in [-0.1, -0.05) is 12.1 Å². The first kappa shape index (κ1) is 15.8. The molecule has 0 amide bonds. The largest absolute Gasteiger partial charge is 0.481 e. The van der Waals surface area contributed by atoms with Crippen LogP contribution in [-0.2, 0) is 6.54 Å². The Balaban J connectivity index is 1.66. The number of fused-ring (bicyclic) bond motifs is 1. The molecular weight excluding hydrogens is 332 g/mol. The van der Waals surface area contributed by atoms with Crippen LogP contribution in [0.3, 0.4) is 0 Å². The van der Waals surface area contributed by atoms with Gasteiger partial charge in [0.05, 0.1) is 25.2 Å². The summed E-state index contributed by atoms with van der Waals surface area (Å²) in [6.45, 7) is 0.422. The van der Waals surface area contributed by atoms with E-state index in [1.165, 1.54) is 6.33 Å². The molecular formula is C17H14N8O. The van der Waals surface area contributed by atoms with Crippen LogP contribution in [0.1, 0.15) is 5.56 Å². The fourth-order valence-electron chi connectivity index (χ4n) is 2.39. The van der Waals surface area contributed by atoms with Crippen molar-refractivity contribution in [1.82, 2.24) is 29.7 Å². The highest BCUT2D eigenvalue weighted by atomic mass is 16.5. The Hall–Kier alpha value is -3.75. The molecule has 0 bridgehead atoms. The smallest absolute Gasteiger partial charge is 0.214 e. The van der Waals surface area contributed by atoms with Crippen molar-refractivity contribution in [3.63, 3.8) is 0 Å². The zero-order valence-corrected chi connectivity index (χ0v) is 13.9. The lowest BCUT2D eigenvalue weighted by atomic mass is 10.3. The molecule has 0 saturated carbocycles. The molecule has 0 aliphatic carbocycles. The number of nitrogens with zero attached hydrogens (tertiary/aromatic N) is 8. The molecule has 0 saturated heterocycles. The average molecular weight is 346 g/mol. The summed E-state index contributed by atoms with van der Waals surface area (Å²) in [5.74, 6) is 1.54. The summed E-state index contributed by atoms with van der Waals surface area (Å²) in [6, 6.07) is 9.22. The van der Waals surface area contributed by atoms with Gasteiger partial charge in [0.25, 0.3) is 0 Å². The van der Waals surface area contributed by atoms with Crippen LogP contribution in [0, 0.1) is 0 Å². The molecule has 0 radical (unpaired) electrons. The van der Waals surface area contributed by atoms with Gasteiger partial charge in [0.2, 0.25) is 5.88 Å². The summed E-state index contributed by atoms with van der Waals surface area (Å²) in [4.78, 5) is 16.9. The number of methoxy groups -OCH3 is 1. The maximum absolute atomic E-state index is 5.16. The molecule has 0 unspecified atom stereocenters. The maximum atomic E-state index is 5.16. The standard InChI is InChI=1S/C17H14N8O/c1-26-15-6-2-5-14(23-15)25-17-13(10-22-25)16(19-11-20-17)24-21-9-12-4-3-7-18-8-12/h2-8,10-11H,9H2,1H3. The molecule has 0 spiro atoms. The molecule has 0 aromatic carbocycles. The Kier molecular flexibility index (Phi) is 4.25. The molecule has 4 aromatic heterocycles. The van der Waals surface area contributed by atoms with E-state index < -0.39 is 0 Å². The quantitative estimate of drug-likeness (QED) is 0.515. The third-order valence-electron chi connectivity index (χ3n) is 3.62. The summed E-state index contributed by atoms with van der Waals surface area (Å²) >= 11 is 0. The zero-order chi connectivity index (χ0) is 17.8. The van der Waals surface area contributed by atoms with Gasteiger partial charge in [-0.15, -0.1) is 5.11 Å². The van der Waals surface area contributed by atoms with Crippen LogP contribution in [0.15, 0.2) is 65.5 Å². The van der Waals surface area contributed by atoms with Gasteiger partial charge in [0.15, 0.2) is 17.3 Å². The molecule has 0 aliphatic heterocycles. The second-order valence-electron chi connectivity index (χ2n) is 5.29. The van der Waals surface area contributed by atoms with E-state index in [4.69, 9.17) is 4.74 Å². The third-order valence-corrected chi connectivity index (χ3v) is 3.62. The highest BCUT2D eigenvalue weighted by molar-refractivity contribution is 5.85. The van der Waals surface area contributed by atoms with Gasteiger partial charge in [0, 0.05) is 18.5 Å². The van der Waals surface area contributed by atoms with E-state index in [-0.39, 0.29) is 0 Å². The molecule has 4 rings (SSSR count). The number of ether oxygens (including phenoxy) is 1. The van der Waals surface area contributed by atoms with Crippen molar-refractivity contribution in [3.8, 4) is 11.7 Å². The normalized spacial score (nSPS) is 11.3. The van der Waals surface area contributed by atoms with Gasteiger partial charge in [-0.25, -0.2) is 9.97 Å². The summed E-state index contributed by atoms with van der Waals surface area (Å²) in [7, 11) is 1.57. The lowest BCUT2D eigenvalue weighted by molar-refractivity contribution is 0.397. The summed E-state index contributed by atoms with van der Waals surface area (Å²) in [5.41, 5.74) is 1.56. The minimum atomic E-state index is 0.422. The summed E-state index contributed by atoms with van der Waals surface area (Å²) in [6.07, 6.45) is 6.55. The third kappa shape index (κ3) is 3.09. The molecule has 128 valence electrons. The van der Waals surface area contributed by atoms with E-state index in [1.807, 2.05) is 24.3 Å². The Morgan fingerprint density at radius 3 is 2.92 bits per heavy atom. The van der Waals surface area contributed by atoms with Crippen LogP contribution >= 0.6 is 0 Å². The van der Waals surface area contributed by atoms with Gasteiger partial charge in [-0.3, -0.25) is 4.98 Å². The maximum Gasteiger partial charge on any atom is 0.214 e. The first-order chi connectivity index (χ1) is 12.8. The average Bonchev–Trinajstić information content (AvgIpc) is 3.14. The van der Waals surface area contributed by atoms with Gasteiger partial charge in [-0.05, 0) is 17.7 Å². The SMILES string of the molecule is COc1cccc(-n2ncc3c(N=NCc4cccnc4)ncnc32)n1. The van der Waals surface area contributed by atoms with Crippen LogP contribution in [0.2, 0.25) is 0 Å². The second kappa shape index (κ2) is 7.01. The topological polar surface area (TPSA) is 103 Å². The molecule has 9 nitrogen and oxygen atoms in total. The molecule has 0 N–H and O–H groups in total. The van der Waals surface area contributed by atoms with Crippen molar-refractivity contribution in [2.24, 2.45) is 10.2 Å². The van der Waals surface area contributed by atoms with E-state index in [0.717, 1.165) is 5.56 Å². The van der Waals surface area contributed by atoms with E-state index in [1.54, 1.807) is 36.4 Å². The Bertz CT molecular complexity index is 1060. The summed E-state index contributed by atoms with van der Waals surface area (Å²) < 4.78 is 6.77. The number of rotatable bonds is 5. The minimum Gasteiger partial charge on any atom is -0.481 e. The predicted molar refractivity (Wildman–Crippen MR) is 93.5 cm³/mol. The van der Waals surface area contributed by atoms with Crippen molar-refractivity contribution < 1.29 is 4.74 Å². The van der Waals surface area contributed by atoms with Gasteiger partial charge >= 0.3 is 0 Å². The molecule has 26 heavy (non-hydrogen) atoms. The monoisotopic (exact) mass is 346 g/mol. The fourth-order valence-corrected chi connectivity index (χ4v) is 2.39. The van der Waals surface area contributed by atoms with Crippen molar-refractivity contribution in [2.45, 2.75) is 6.54 Å². The molecule has 4 heterocycles. The highest BCUT2D eigenvalue weighted by Crippen LogP contribution is 2.24. The molecule has 0 atom stereocenters. The number of hydrogen-bond donors (Lipinski definition) is 0. The fraction of sp³-hybridized carbons (Fsp3) is 0.118. The van der Waals surface area contributed by atoms with Crippen LogP contribution in [0.25, 0.3) is 16.9 Å². The lowest BCUT2D eigenvalue weighted by Crippen LogP contribution is -2.01. The van der Waals surface area contributed by atoms with E-state index in [2.05, 4.69) is 35.3 Å². The molecule has 0 fully saturated rings. The van der Waals surface area contributed by atoms with Crippen LogP contribution in [0.5, 0.6) is 5.88 Å².